The summed E-state index contributed by atoms with van der Waals surface area (Å²) in [6, 6.07) is 86.6. The second-order valence-electron chi connectivity index (χ2n) is 17.1. The van der Waals surface area contributed by atoms with E-state index in [9.17, 15) is 0 Å². The lowest BCUT2D eigenvalue weighted by molar-refractivity contribution is 1.07. The molecule has 0 radical (unpaired) electrons. The normalized spacial score (nSPS) is 11.5. The van der Waals surface area contributed by atoms with Crippen molar-refractivity contribution in [3.05, 3.63) is 243 Å². The maximum atomic E-state index is 5.30. The molecule has 0 atom stereocenters. The highest BCUT2D eigenvalue weighted by Crippen LogP contribution is 2.48. The summed E-state index contributed by atoms with van der Waals surface area (Å²) in [5, 5.41) is 5.05. The number of para-hydroxylation sites is 1. The Morgan fingerprint density at radius 3 is 1.24 bits per heavy atom. The predicted octanol–water partition coefficient (Wildman–Crippen LogP) is 17.0. The lowest BCUT2D eigenvalue weighted by Crippen LogP contribution is -2.04. The second-order valence-corrected chi connectivity index (χ2v) is 18.2. The molecule has 0 bridgehead atoms. The van der Waals surface area contributed by atoms with Gasteiger partial charge in [-0.15, -0.1) is 11.3 Å². The fraction of sp³-hybridized carbons (Fsp3) is 0. The summed E-state index contributed by atoms with van der Waals surface area (Å²) in [6.45, 7) is 0. The molecule has 13 rings (SSSR count). The molecule has 3 aromatic heterocycles. The highest BCUT2D eigenvalue weighted by molar-refractivity contribution is 7.26. The predicted molar refractivity (Wildman–Crippen MR) is 285 cm³/mol. The van der Waals surface area contributed by atoms with Crippen LogP contribution in [-0.4, -0.2) is 19.5 Å². The van der Waals surface area contributed by atoms with Crippen LogP contribution >= 0.6 is 11.3 Å². The fourth-order valence-electron chi connectivity index (χ4n) is 9.80. The largest absolute Gasteiger partial charge is 0.308 e. The number of rotatable bonds is 8. The monoisotopic (exact) mass is 884 g/mol. The standard InChI is InChI=1S/C63H40N4S/c1-5-17-41(18-6-1)43-29-33-45(34-30-43)53-39-49(63-65-61(47-21-9-3-10-22-47)64-62(66-63)48-23-11-4-12-24-48)40-54(46-35-31-44(32-36-46)42-19-7-2-8-20-42)59(53)67-55-27-15-13-26-52(55)58-56(67)38-37-51-50-25-14-16-28-57(50)68-60(51)58/h1-40H. The average Bonchev–Trinajstić information content (AvgIpc) is 3.97. The van der Waals surface area contributed by atoms with Gasteiger partial charge < -0.3 is 4.57 Å². The minimum atomic E-state index is 0.600. The average molecular weight is 885 g/mol. The third kappa shape index (κ3) is 6.88. The molecule has 4 nitrogen and oxygen atoms in total. The Morgan fingerprint density at radius 2 is 0.706 bits per heavy atom. The molecule has 0 saturated carbocycles. The van der Waals surface area contributed by atoms with Crippen molar-refractivity contribution in [2.45, 2.75) is 0 Å². The van der Waals surface area contributed by atoms with Crippen LogP contribution < -0.4 is 0 Å². The number of fused-ring (bicyclic) bond motifs is 7. The Labute approximate surface area is 397 Å². The van der Waals surface area contributed by atoms with Gasteiger partial charge in [-0.1, -0.05) is 212 Å². The van der Waals surface area contributed by atoms with Gasteiger partial charge in [0, 0.05) is 58.8 Å². The Hall–Kier alpha value is -8.77. The number of aromatic nitrogens is 4. The van der Waals surface area contributed by atoms with E-state index in [1.165, 1.54) is 42.1 Å². The van der Waals surface area contributed by atoms with Crippen molar-refractivity contribution in [3.63, 3.8) is 0 Å². The fourth-order valence-corrected chi connectivity index (χ4v) is 11.1. The molecule has 0 saturated heterocycles. The molecule has 68 heavy (non-hydrogen) atoms. The second kappa shape index (κ2) is 16.6. The molecule has 10 aromatic carbocycles. The highest BCUT2D eigenvalue weighted by atomic mass is 32.1. The van der Waals surface area contributed by atoms with Crippen molar-refractivity contribution in [1.29, 1.82) is 0 Å². The molecule has 0 aliphatic carbocycles. The van der Waals surface area contributed by atoms with Gasteiger partial charge in [-0.25, -0.2) is 15.0 Å². The van der Waals surface area contributed by atoms with Crippen LogP contribution in [0.5, 0.6) is 0 Å². The topological polar surface area (TPSA) is 43.6 Å². The Bertz CT molecular complexity index is 3810. The van der Waals surface area contributed by atoms with Gasteiger partial charge in [-0.3, -0.25) is 0 Å². The van der Waals surface area contributed by atoms with Gasteiger partial charge >= 0.3 is 0 Å². The van der Waals surface area contributed by atoms with Gasteiger partial charge in [-0.2, -0.15) is 0 Å². The molecule has 0 spiro atoms. The molecule has 5 heteroatoms. The van der Waals surface area contributed by atoms with E-state index in [0.29, 0.717) is 17.5 Å². The van der Waals surface area contributed by atoms with E-state index in [0.717, 1.165) is 66.8 Å². The molecule has 0 aliphatic heterocycles. The number of nitrogens with zero attached hydrogens (tertiary/aromatic N) is 4. The summed E-state index contributed by atoms with van der Waals surface area (Å²) < 4.78 is 5.10. The van der Waals surface area contributed by atoms with Gasteiger partial charge in [0.05, 0.1) is 16.7 Å². The number of thiophene rings is 1. The first-order valence-corrected chi connectivity index (χ1v) is 23.7. The Balaban J connectivity index is 1.14. The minimum absolute atomic E-state index is 0.600. The highest BCUT2D eigenvalue weighted by Gasteiger charge is 2.25. The van der Waals surface area contributed by atoms with E-state index in [1.807, 2.05) is 47.7 Å². The van der Waals surface area contributed by atoms with E-state index in [2.05, 4.69) is 211 Å². The summed E-state index contributed by atoms with van der Waals surface area (Å²) in [5.74, 6) is 1.84. The van der Waals surface area contributed by atoms with E-state index >= 15 is 0 Å². The van der Waals surface area contributed by atoms with E-state index in [1.54, 1.807) is 0 Å². The van der Waals surface area contributed by atoms with Crippen LogP contribution in [-0.2, 0) is 0 Å². The third-order valence-electron chi connectivity index (χ3n) is 13.1. The van der Waals surface area contributed by atoms with Crippen LogP contribution in [0, 0.1) is 0 Å². The van der Waals surface area contributed by atoms with Crippen molar-refractivity contribution >= 4 is 53.3 Å². The molecule has 0 N–H and O–H groups in total. The smallest absolute Gasteiger partial charge is 0.164 e. The molecular formula is C63H40N4S. The van der Waals surface area contributed by atoms with Crippen LogP contribution in [0.1, 0.15) is 0 Å². The number of hydrogen-bond donors (Lipinski definition) is 0. The molecule has 318 valence electrons. The van der Waals surface area contributed by atoms with Crippen LogP contribution in [0.15, 0.2) is 243 Å². The lowest BCUT2D eigenvalue weighted by Gasteiger charge is -2.21. The summed E-state index contributed by atoms with van der Waals surface area (Å²) in [5.41, 5.74) is 15.1. The molecular weight excluding hydrogens is 845 g/mol. The number of benzene rings is 10. The van der Waals surface area contributed by atoms with E-state index < -0.39 is 0 Å². The van der Waals surface area contributed by atoms with Crippen molar-refractivity contribution in [2.75, 3.05) is 0 Å². The Morgan fingerprint density at radius 1 is 0.294 bits per heavy atom. The summed E-state index contributed by atoms with van der Waals surface area (Å²) >= 11 is 1.88. The first-order valence-electron chi connectivity index (χ1n) is 22.9. The SMILES string of the molecule is c1ccc(-c2ccc(-c3cc(-c4nc(-c5ccccc5)nc(-c5ccccc5)n4)cc(-c4ccc(-c5ccccc5)cc4)c3-n3c4ccccc4c4c5sc6ccccc6c5ccc43)cc2)cc1. The van der Waals surface area contributed by atoms with Crippen LogP contribution in [0.3, 0.4) is 0 Å². The molecule has 0 unspecified atom stereocenters. The number of hydrogen-bond acceptors (Lipinski definition) is 4. The van der Waals surface area contributed by atoms with Gasteiger partial charge in [0.15, 0.2) is 17.5 Å². The quantitative estimate of drug-likeness (QED) is 0.153. The van der Waals surface area contributed by atoms with Crippen LogP contribution in [0.2, 0.25) is 0 Å². The molecule has 0 amide bonds. The van der Waals surface area contributed by atoms with Crippen LogP contribution in [0.4, 0.5) is 0 Å². The summed E-state index contributed by atoms with van der Waals surface area (Å²) in [4.78, 5) is 15.7. The first-order chi connectivity index (χ1) is 33.7. The van der Waals surface area contributed by atoms with Gasteiger partial charge in [0.25, 0.3) is 0 Å². The first kappa shape index (κ1) is 39.6. The van der Waals surface area contributed by atoms with Crippen molar-refractivity contribution in [1.82, 2.24) is 19.5 Å². The molecule has 13 aromatic rings. The lowest BCUT2D eigenvalue weighted by atomic mass is 9.91. The summed E-state index contributed by atoms with van der Waals surface area (Å²) in [6.07, 6.45) is 0. The summed E-state index contributed by atoms with van der Waals surface area (Å²) in [7, 11) is 0. The van der Waals surface area contributed by atoms with Gasteiger partial charge in [0.2, 0.25) is 0 Å². The molecule has 3 heterocycles. The molecule has 0 fully saturated rings. The zero-order valence-electron chi connectivity index (χ0n) is 36.8. The zero-order chi connectivity index (χ0) is 45.0. The van der Waals surface area contributed by atoms with Crippen LogP contribution in [0.25, 0.3) is 126 Å². The van der Waals surface area contributed by atoms with Crippen molar-refractivity contribution in [2.24, 2.45) is 0 Å². The van der Waals surface area contributed by atoms with Crippen molar-refractivity contribution < 1.29 is 0 Å². The van der Waals surface area contributed by atoms with E-state index in [4.69, 9.17) is 15.0 Å². The minimum Gasteiger partial charge on any atom is -0.308 e. The third-order valence-corrected chi connectivity index (χ3v) is 14.3. The maximum absolute atomic E-state index is 5.30. The van der Waals surface area contributed by atoms with Gasteiger partial charge in [0.1, 0.15) is 0 Å². The zero-order valence-corrected chi connectivity index (χ0v) is 37.6. The van der Waals surface area contributed by atoms with E-state index in [-0.39, 0.29) is 0 Å². The Kier molecular flexibility index (Phi) is 9.66. The van der Waals surface area contributed by atoms with Gasteiger partial charge in [-0.05, 0) is 63.7 Å². The van der Waals surface area contributed by atoms with Crippen molar-refractivity contribution in [3.8, 4) is 84.4 Å². The molecule has 0 aliphatic rings. The maximum Gasteiger partial charge on any atom is 0.164 e.